The van der Waals surface area contributed by atoms with Gasteiger partial charge in [0.1, 0.15) is 5.82 Å². The fourth-order valence-corrected chi connectivity index (χ4v) is 4.55. The van der Waals surface area contributed by atoms with E-state index in [9.17, 15) is 4.79 Å². The summed E-state index contributed by atoms with van der Waals surface area (Å²) in [6.07, 6.45) is 9.51. The minimum Gasteiger partial charge on any atom is -0.315 e. The predicted octanol–water partition coefficient (Wildman–Crippen LogP) is 5.43. The molecule has 31 heavy (non-hydrogen) atoms. The number of aryl methyl sites for hydroxylation is 1. The molecule has 1 fully saturated rings. The first-order valence-electron chi connectivity index (χ1n) is 11.0. The number of fused-ring (bicyclic) bond motifs is 1. The molecule has 5 heteroatoms. The van der Waals surface area contributed by atoms with E-state index in [1.54, 1.807) is 6.21 Å². The SMILES string of the molecule is Cc1ccccc1-n1cccc1C=Nn1c(C2CCCCC2)nc2ccccc2c1=O. The minimum absolute atomic E-state index is 0.101. The summed E-state index contributed by atoms with van der Waals surface area (Å²) in [7, 11) is 0. The highest BCUT2D eigenvalue weighted by Gasteiger charge is 2.22. The highest BCUT2D eigenvalue weighted by molar-refractivity contribution is 5.80. The third-order valence-corrected chi connectivity index (χ3v) is 6.21. The summed E-state index contributed by atoms with van der Waals surface area (Å²) in [6.45, 7) is 2.09. The third kappa shape index (κ3) is 3.72. The Labute approximate surface area is 181 Å². The Morgan fingerprint density at radius 2 is 1.74 bits per heavy atom. The summed E-state index contributed by atoms with van der Waals surface area (Å²) >= 11 is 0. The van der Waals surface area contributed by atoms with E-state index < -0.39 is 0 Å². The van der Waals surface area contributed by atoms with Crippen LogP contribution in [0.25, 0.3) is 16.6 Å². The van der Waals surface area contributed by atoms with Crippen LogP contribution in [-0.4, -0.2) is 20.4 Å². The zero-order valence-electron chi connectivity index (χ0n) is 17.7. The molecular formula is C26H26N4O. The van der Waals surface area contributed by atoms with Crippen LogP contribution in [0.1, 0.15) is 55.1 Å². The van der Waals surface area contributed by atoms with E-state index in [1.807, 2.05) is 54.7 Å². The number of benzene rings is 2. The molecule has 0 N–H and O–H groups in total. The van der Waals surface area contributed by atoms with Crippen LogP contribution in [0, 0.1) is 6.92 Å². The van der Waals surface area contributed by atoms with Gasteiger partial charge in [-0.15, -0.1) is 0 Å². The van der Waals surface area contributed by atoms with Crippen molar-refractivity contribution in [3.05, 3.63) is 94.3 Å². The molecular weight excluding hydrogens is 384 g/mol. The van der Waals surface area contributed by atoms with Crippen LogP contribution in [0.3, 0.4) is 0 Å². The van der Waals surface area contributed by atoms with E-state index in [0.717, 1.165) is 35.6 Å². The van der Waals surface area contributed by atoms with Crippen molar-refractivity contribution in [1.82, 2.24) is 14.2 Å². The molecule has 0 unspecified atom stereocenters. The molecule has 0 spiro atoms. The Balaban J connectivity index is 1.62. The molecule has 1 aliphatic rings. The molecule has 0 radical (unpaired) electrons. The maximum absolute atomic E-state index is 13.4. The van der Waals surface area contributed by atoms with Crippen LogP contribution in [-0.2, 0) is 0 Å². The van der Waals surface area contributed by atoms with Crippen molar-refractivity contribution in [2.24, 2.45) is 5.10 Å². The number of hydrogen-bond donors (Lipinski definition) is 0. The zero-order chi connectivity index (χ0) is 21.2. The Bertz CT molecular complexity index is 1310. The van der Waals surface area contributed by atoms with Gasteiger partial charge in [-0.2, -0.15) is 9.78 Å². The smallest absolute Gasteiger partial charge is 0.282 e. The largest absolute Gasteiger partial charge is 0.315 e. The molecule has 2 heterocycles. The van der Waals surface area contributed by atoms with Crippen LogP contribution in [0.4, 0.5) is 0 Å². The van der Waals surface area contributed by atoms with Crippen molar-refractivity contribution in [3.8, 4) is 5.69 Å². The van der Waals surface area contributed by atoms with E-state index in [2.05, 4.69) is 28.7 Å². The van der Waals surface area contributed by atoms with Gasteiger partial charge in [-0.25, -0.2) is 4.98 Å². The van der Waals surface area contributed by atoms with Gasteiger partial charge in [0.25, 0.3) is 5.56 Å². The fraction of sp³-hybridized carbons (Fsp3) is 0.269. The molecule has 1 aliphatic carbocycles. The van der Waals surface area contributed by atoms with Crippen LogP contribution in [0.5, 0.6) is 0 Å². The first-order valence-corrected chi connectivity index (χ1v) is 11.0. The first kappa shape index (κ1) is 19.5. The summed E-state index contributed by atoms with van der Waals surface area (Å²) in [4.78, 5) is 18.3. The van der Waals surface area contributed by atoms with Crippen molar-refractivity contribution in [1.29, 1.82) is 0 Å². The number of rotatable bonds is 4. The summed E-state index contributed by atoms with van der Waals surface area (Å²) in [5.41, 5.74) is 3.86. The van der Waals surface area contributed by atoms with Crippen molar-refractivity contribution in [3.63, 3.8) is 0 Å². The standard InChI is InChI=1S/C26H26N4O/c1-19-10-5-8-16-24(19)29-17-9-13-21(29)18-27-30-25(20-11-3-2-4-12-20)28-23-15-7-6-14-22(23)26(30)31/h5-10,13-18,20H,2-4,11-12H2,1H3. The van der Waals surface area contributed by atoms with Crippen LogP contribution in [0.2, 0.25) is 0 Å². The normalized spacial score (nSPS) is 15.1. The second kappa shape index (κ2) is 8.34. The van der Waals surface area contributed by atoms with Gasteiger partial charge in [-0.1, -0.05) is 49.6 Å². The molecule has 2 aromatic heterocycles. The monoisotopic (exact) mass is 410 g/mol. The van der Waals surface area contributed by atoms with Gasteiger partial charge in [0.05, 0.1) is 22.8 Å². The van der Waals surface area contributed by atoms with Gasteiger partial charge in [0, 0.05) is 17.8 Å². The number of para-hydroxylation sites is 2. The fourth-order valence-electron chi connectivity index (χ4n) is 4.55. The lowest BCUT2D eigenvalue weighted by Gasteiger charge is -2.22. The Morgan fingerprint density at radius 1 is 0.968 bits per heavy atom. The van der Waals surface area contributed by atoms with Crippen LogP contribution < -0.4 is 5.56 Å². The van der Waals surface area contributed by atoms with E-state index in [0.29, 0.717) is 5.39 Å². The molecule has 0 aliphatic heterocycles. The van der Waals surface area contributed by atoms with Crippen molar-refractivity contribution >= 4 is 17.1 Å². The zero-order valence-corrected chi connectivity index (χ0v) is 17.7. The van der Waals surface area contributed by atoms with Gasteiger partial charge in [0.15, 0.2) is 0 Å². The van der Waals surface area contributed by atoms with Gasteiger partial charge in [0.2, 0.25) is 0 Å². The number of hydrogen-bond acceptors (Lipinski definition) is 3. The Morgan fingerprint density at radius 3 is 2.58 bits per heavy atom. The second-order valence-corrected chi connectivity index (χ2v) is 8.27. The van der Waals surface area contributed by atoms with Crippen LogP contribution in [0.15, 0.2) is 76.8 Å². The maximum Gasteiger partial charge on any atom is 0.282 e. The molecule has 0 saturated heterocycles. The number of aromatic nitrogens is 3. The molecule has 0 bridgehead atoms. The predicted molar refractivity (Wildman–Crippen MR) is 125 cm³/mol. The van der Waals surface area contributed by atoms with Crippen molar-refractivity contribution < 1.29 is 0 Å². The van der Waals surface area contributed by atoms with Gasteiger partial charge >= 0.3 is 0 Å². The van der Waals surface area contributed by atoms with Crippen molar-refractivity contribution in [2.75, 3.05) is 0 Å². The topological polar surface area (TPSA) is 52.2 Å². The lowest BCUT2D eigenvalue weighted by Crippen LogP contribution is -2.25. The summed E-state index contributed by atoms with van der Waals surface area (Å²) in [5.74, 6) is 1.06. The van der Waals surface area contributed by atoms with Gasteiger partial charge in [-0.05, 0) is 55.7 Å². The molecule has 0 amide bonds. The molecule has 0 atom stereocenters. The third-order valence-electron chi connectivity index (χ3n) is 6.21. The van der Waals surface area contributed by atoms with E-state index in [-0.39, 0.29) is 11.5 Å². The van der Waals surface area contributed by atoms with Crippen LogP contribution >= 0.6 is 0 Å². The van der Waals surface area contributed by atoms with E-state index in [1.165, 1.54) is 29.5 Å². The lowest BCUT2D eigenvalue weighted by molar-refractivity contribution is 0.416. The maximum atomic E-state index is 13.4. The Hall–Kier alpha value is -3.47. The molecule has 4 aromatic rings. The molecule has 5 rings (SSSR count). The van der Waals surface area contributed by atoms with E-state index in [4.69, 9.17) is 4.98 Å². The highest BCUT2D eigenvalue weighted by atomic mass is 16.1. The van der Waals surface area contributed by atoms with Gasteiger partial charge < -0.3 is 4.57 Å². The molecule has 2 aromatic carbocycles. The lowest BCUT2D eigenvalue weighted by atomic mass is 9.88. The Kier molecular flexibility index (Phi) is 5.24. The van der Waals surface area contributed by atoms with Crippen molar-refractivity contribution in [2.45, 2.75) is 44.9 Å². The van der Waals surface area contributed by atoms with Gasteiger partial charge in [-0.3, -0.25) is 4.79 Å². The number of nitrogens with zero attached hydrogens (tertiary/aromatic N) is 4. The summed E-state index contributed by atoms with van der Waals surface area (Å²) in [5, 5.41) is 5.29. The minimum atomic E-state index is -0.101. The van der Waals surface area contributed by atoms with E-state index >= 15 is 0 Å². The molecule has 1 saturated carbocycles. The quantitative estimate of drug-likeness (QED) is 0.422. The molecule has 5 nitrogen and oxygen atoms in total. The highest BCUT2D eigenvalue weighted by Crippen LogP contribution is 2.31. The average Bonchev–Trinajstić information content (AvgIpc) is 3.27. The second-order valence-electron chi connectivity index (χ2n) is 8.27. The summed E-state index contributed by atoms with van der Waals surface area (Å²) < 4.78 is 3.63. The first-order chi connectivity index (χ1) is 15.2. The molecule has 156 valence electrons. The average molecular weight is 411 g/mol. The summed E-state index contributed by atoms with van der Waals surface area (Å²) in [6, 6.07) is 19.8.